The largest absolute Gasteiger partial charge is 0.301 e. The highest BCUT2D eigenvalue weighted by Gasteiger charge is 2.22. The molecule has 2 heterocycles. The third-order valence-electron chi connectivity index (χ3n) is 5.52. The van der Waals surface area contributed by atoms with Crippen LogP contribution in [0.15, 0.2) is 53.6 Å². The average Bonchev–Trinajstić information content (AvgIpc) is 3.16. The van der Waals surface area contributed by atoms with Gasteiger partial charge in [-0.05, 0) is 48.5 Å². The maximum absolute atomic E-state index is 13.3. The fourth-order valence-electron chi connectivity index (χ4n) is 3.77. The second kappa shape index (κ2) is 8.28. The van der Waals surface area contributed by atoms with Gasteiger partial charge in [-0.1, -0.05) is 36.2 Å². The van der Waals surface area contributed by atoms with Crippen LogP contribution < -0.4 is 0 Å². The van der Waals surface area contributed by atoms with Gasteiger partial charge in [-0.15, -0.1) is 0 Å². The van der Waals surface area contributed by atoms with Crippen molar-refractivity contribution in [2.24, 2.45) is 0 Å². The summed E-state index contributed by atoms with van der Waals surface area (Å²) in [7, 11) is -3.76. The zero-order valence-electron chi connectivity index (χ0n) is 16.2. The Morgan fingerprint density at radius 2 is 1.66 bits per heavy atom. The predicted octanol–water partition coefficient (Wildman–Crippen LogP) is 4.32. The maximum Gasteiger partial charge on any atom is 0.268 e. The molecular formula is C21H23Cl2N3O2S. The molecule has 1 aliphatic heterocycles. The van der Waals surface area contributed by atoms with Gasteiger partial charge in [0.05, 0.1) is 10.4 Å². The lowest BCUT2D eigenvalue weighted by Gasteiger charge is -2.34. The topological polar surface area (TPSA) is 45.6 Å². The van der Waals surface area contributed by atoms with Gasteiger partial charge in [-0.25, -0.2) is 12.4 Å². The molecule has 0 amide bonds. The minimum atomic E-state index is -3.76. The number of rotatable bonds is 5. The van der Waals surface area contributed by atoms with Gasteiger partial charge in [-0.2, -0.15) is 0 Å². The van der Waals surface area contributed by atoms with Gasteiger partial charge < -0.3 is 4.90 Å². The summed E-state index contributed by atoms with van der Waals surface area (Å²) in [5, 5.41) is 1.82. The zero-order valence-corrected chi connectivity index (χ0v) is 18.5. The van der Waals surface area contributed by atoms with Gasteiger partial charge in [0.15, 0.2) is 0 Å². The molecule has 3 aromatic rings. The normalized spacial score (nSPS) is 16.5. The molecule has 0 atom stereocenters. The van der Waals surface area contributed by atoms with E-state index in [1.54, 1.807) is 48.7 Å². The fourth-order valence-corrected chi connectivity index (χ4v) is 5.57. The number of fused-ring (bicyclic) bond motifs is 1. The van der Waals surface area contributed by atoms with Crippen molar-refractivity contribution in [1.82, 2.24) is 13.8 Å². The Balaban J connectivity index is 1.65. The Labute approximate surface area is 181 Å². The Kier molecular flexibility index (Phi) is 5.91. The summed E-state index contributed by atoms with van der Waals surface area (Å²) in [5.74, 6) is 0. The Hall–Kier alpha value is -1.57. The van der Waals surface area contributed by atoms with E-state index in [0.29, 0.717) is 27.5 Å². The quantitative estimate of drug-likeness (QED) is 0.579. The second-order valence-electron chi connectivity index (χ2n) is 7.25. The van der Waals surface area contributed by atoms with Crippen LogP contribution in [0.25, 0.3) is 10.9 Å². The first-order valence-corrected chi connectivity index (χ1v) is 11.8. The van der Waals surface area contributed by atoms with Crippen LogP contribution in [0.3, 0.4) is 0 Å². The van der Waals surface area contributed by atoms with Crippen molar-refractivity contribution in [3.8, 4) is 0 Å². The molecule has 1 fully saturated rings. The number of likely N-dealkylation sites (N-methyl/N-ethyl adjacent to an activating group) is 1. The molecule has 29 heavy (non-hydrogen) atoms. The second-order valence-corrected chi connectivity index (χ2v) is 9.88. The van der Waals surface area contributed by atoms with Crippen LogP contribution in [-0.2, 0) is 16.6 Å². The SMILES string of the molecule is CCN1CCN(Cc2cc(S(=O)(=O)n3ccc4c(Cl)cccc43)ccc2Cl)CC1. The highest BCUT2D eigenvalue weighted by atomic mass is 35.5. The van der Waals surface area contributed by atoms with Gasteiger partial charge in [-0.3, -0.25) is 4.90 Å². The molecule has 1 saturated heterocycles. The van der Waals surface area contributed by atoms with Crippen molar-refractivity contribution in [2.75, 3.05) is 32.7 Å². The summed E-state index contributed by atoms with van der Waals surface area (Å²) in [6.07, 6.45) is 1.55. The van der Waals surface area contributed by atoms with Gasteiger partial charge >= 0.3 is 0 Å². The van der Waals surface area contributed by atoms with E-state index in [1.165, 1.54) is 3.97 Å². The van der Waals surface area contributed by atoms with E-state index < -0.39 is 10.0 Å². The smallest absolute Gasteiger partial charge is 0.268 e. The summed E-state index contributed by atoms with van der Waals surface area (Å²) in [4.78, 5) is 4.94. The summed E-state index contributed by atoms with van der Waals surface area (Å²) < 4.78 is 27.9. The van der Waals surface area contributed by atoms with Crippen LogP contribution in [0.5, 0.6) is 0 Å². The lowest BCUT2D eigenvalue weighted by molar-refractivity contribution is 0.132. The predicted molar refractivity (Wildman–Crippen MR) is 118 cm³/mol. The first kappa shape index (κ1) is 20.7. The Morgan fingerprint density at radius 3 is 2.38 bits per heavy atom. The van der Waals surface area contributed by atoms with Crippen LogP contribution in [0.4, 0.5) is 0 Å². The molecule has 0 spiro atoms. The van der Waals surface area contributed by atoms with Crippen LogP contribution in [-0.4, -0.2) is 54.9 Å². The number of hydrogen-bond acceptors (Lipinski definition) is 4. The van der Waals surface area contributed by atoms with Crippen molar-refractivity contribution < 1.29 is 8.42 Å². The van der Waals surface area contributed by atoms with Crippen molar-refractivity contribution in [1.29, 1.82) is 0 Å². The molecule has 0 N–H and O–H groups in total. The summed E-state index contributed by atoms with van der Waals surface area (Å²) in [6.45, 7) is 7.78. The molecule has 0 saturated carbocycles. The lowest BCUT2D eigenvalue weighted by Crippen LogP contribution is -2.45. The zero-order chi connectivity index (χ0) is 20.6. The van der Waals surface area contributed by atoms with Crippen molar-refractivity contribution in [3.63, 3.8) is 0 Å². The summed E-state index contributed by atoms with van der Waals surface area (Å²) >= 11 is 12.6. The van der Waals surface area contributed by atoms with Crippen molar-refractivity contribution in [3.05, 3.63) is 64.3 Å². The molecule has 154 valence electrons. The molecule has 1 aromatic heterocycles. The molecule has 0 aliphatic carbocycles. The molecule has 0 unspecified atom stereocenters. The number of piperazine rings is 1. The third kappa shape index (κ3) is 4.05. The standard InChI is InChI=1S/C21H23Cl2N3O2S/c1-2-24-10-12-25(13-11-24)15-16-14-17(6-7-19(16)22)29(27,28)26-9-8-18-20(23)4-3-5-21(18)26/h3-9,14H,2,10-13,15H2,1H3. The van der Waals surface area contributed by atoms with Crippen LogP contribution in [0.2, 0.25) is 10.0 Å². The summed E-state index contributed by atoms with van der Waals surface area (Å²) in [5.41, 5.74) is 1.39. The average molecular weight is 452 g/mol. The minimum absolute atomic E-state index is 0.224. The van der Waals surface area contributed by atoms with E-state index >= 15 is 0 Å². The monoisotopic (exact) mass is 451 g/mol. The highest BCUT2D eigenvalue weighted by Crippen LogP contribution is 2.29. The van der Waals surface area contributed by atoms with E-state index in [9.17, 15) is 8.42 Å². The Bertz CT molecular complexity index is 1140. The number of nitrogens with zero attached hydrogens (tertiary/aromatic N) is 3. The van der Waals surface area contributed by atoms with Gasteiger partial charge in [0.2, 0.25) is 0 Å². The number of hydrogen-bond donors (Lipinski definition) is 0. The van der Waals surface area contributed by atoms with Crippen LogP contribution >= 0.6 is 23.2 Å². The molecule has 5 nitrogen and oxygen atoms in total. The van der Waals surface area contributed by atoms with E-state index in [-0.39, 0.29) is 4.90 Å². The van der Waals surface area contributed by atoms with Gasteiger partial charge in [0.1, 0.15) is 0 Å². The summed E-state index contributed by atoms with van der Waals surface area (Å²) in [6, 6.07) is 11.9. The fraction of sp³-hybridized carbons (Fsp3) is 0.333. The van der Waals surface area contributed by atoms with Gasteiger partial charge in [0, 0.05) is 54.4 Å². The van der Waals surface area contributed by atoms with E-state index in [2.05, 4.69) is 16.7 Å². The van der Waals surface area contributed by atoms with E-state index in [4.69, 9.17) is 23.2 Å². The minimum Gasteiger partial charge on any atom is -0.301 e. The molecule has 0 radical (unpaired) electrons. The molecule has 8 heteroatoms. The molecule has 4 rings (SSSR count). The number of benzene rings is 2. The molecular weight excluding hydrogens is 429 g/mol. The third-order valence-corrected chi connectivity index (χ3v) is 7.91. The lowest BCUT2D eigenvalue weighted by atomic mass is 10.2. The first-order chi connectivity index (χ1) is 13.9. The number of halogens is 2. The maximum atomic E-state index is 13.3. The molecule has 2 aromatic carbocycles. The van der Waals surface area contributed by atoms with Crippen LogP contribution in [0, 0.1) is 0 Å². The van der Waals surface area contributed by atoms with Crippen LogP contribution in [0.1, 0.15) is 12.5 Å². The highest BCUT2D eigenvalue weighted by molar-refractivity contribution is 7.90. The first-order valence-electron chi connectivity index (χ1n) is 9.64. The Morgan fingerprint density at radius 1 is 0.931 bits per heavy atom. The van der Waals surface area contributed by atoms with Crippen molar-refractivity contribution >= 4 is 44.1 Å². The number of aromatic nitrogens is 1. The molecule has 0 bridgehead atoms. The van der Waals surface area contributed by atoms with Crippen molar-refractivity contribution in [2.45, 2.75) is 18.4 Å². The van der Waals surface area contributed by atoms with E-state index in [1.807, 2.05) is 0 Å². The molecule has 1 aliphatic rings. The van der Waals surface area contributed by atoms with Gasteiger partial charge in [0.25, 0.3) is 10.0 Å². The van der Waals surface area contributed by atoms with E-state index in [0.717, 1.165) is 38.3 Å².